The first-order valence-electron chi connectivity index (χ1n) is 5.09. The first-order chi connectivity index (χ1) is 7.97. The molecule has 1 atom stereocenters. The molecule has 94 valence electrons. The minimum Gasteiger partial charge on any atom is -0.479 e. The molecular weight excluding hydrogens is 244 g/mol. The molecule has 0 aromatic heterocycles. The SMILES string of the molecule is CCOC(CS(=O)(=O)c1ccccc1)C(=O)O. The molecule has 0 radical (unpaired) electrons. The number of aliphatic carboxylic acids is 1. The van der Waals surface area contributed by atoms with E-state index in [0.717, 1.165) is 0 Å². The smallest absolute Gasteiger partial charge is 0.333 e. The zero-order valence-electron chi connectivity index (χ0n) is 9.37. The standard InChI is InChI=1S/C11H14O5S/c1-2-16-10(11(12)13)8-17(14,15)9-6-4-3-5-7-9/h3-7,10H,2,8H2,1H3,(H,12,13). The highest BCUT2D eigenvalue weighted by Gasteiger charge is 2.26. The number of carbonyl (C=O) groups is 1. The van der Waals surface area contributed by atoms with Gasteiger partial charge in [0, 0.05) is 6.61 Å². The van der Waals surface area contributed by atoms with Crippen LogP contribution in [-0.4, -0.2) is 38.0 Å². The van der Waals surface area contributed by atoms with E-state index in [2.05, 4.69) is 0 Å². The molecule has 0 aliphatic carbocycles. The van der Waals surface area contributed by atoms with E-state index >= 15 is 0 Å². The Balaban J connectivity index is 2.89. The number of rotatable bonds is 6. The van der Waals surface area contributed by atoms with Gasteiger partial charge in [-0.15, -0.1) is 0 Å². The number of hydrogen-bond acceptors (Lipinski definition) is 4. The number of ether oxygens (including phenoxy) is 1. The monoisotopic (exact) mass is 258 g/mol. The Morgan fingerprint density at radius 3 is 2.41 bits per heavy atom. The van der Waals surface area contributed by atoms with Crippen LogP contribution >= 0.6 is 0 Å². The molecular formula is C11H14O5S. The van der Waals surface area contributed by atoms with Crippen LogP contribution in [0.1, 0.15) is 6.92 Å². The largest absolute Gasteiger partial charge is 0.479 e. The first kappa shape index (κ1) is 13.7. The molecule has 1 aromatic carbocycles. The van der Waals surface area contributed by atoms with E-state index in [1.807, 2.05) is 0 Å². The normalized spacial score (nSPS) is 13.2. The summed E-state index contributed by atoms with van der Waals surface area (Å²) in [6.07, 6.45) is -1.33. The Labute approximate surface area is 100.0 Å². The van der Waals surface area contributed by atoms with E-state index in [0.29, 0.717) is 0 Å². The van der Waals surface area contributed by atoms with Crippen molar-refractivity contribution in [1.82, 2.24) is 0 Å². The zero-order valence-corrected chi connectivity index (χ0v) is 10.2. The van der Waals surface area contributed by atoms with Gasteiger partial charge in [0.2, 0.25) is 0 Å². The van der Waals surface area contributed by atoms with Gasteiger partial charge in [-0.1, -0.05) is 18.2 Å². The number of carboxylic acids is 1. The Kier molecular flexibility index (Phi) is 4.65. The average Bonchev–Trinajstić information content (AvgIpc) is 2.29. The van der Waals surface area contributed by atoms with Crippen LogP contribution in [0.25, 0.3) is 0 Å². The summed E-state index contributed by atoms with van der Waals surface area (Å²) >= 11 is 0. The fourth-order valence-corrected chi connectivity index (χ4v) is 2.72. The number of carboxylic acid groups (broad SMARTS) is 1. The van der Waals surface area contributed by atoms with Gasteiger partial charge < -0.3 is 9.84 Å². The molecule has 1 N–H and O–H groups in total. The summed E-state index contributed by atoms with van der Waals surface area (Å²) in [4.78, 5) is 10.9. The quantitative estimate of drug-likeness (QED) is 0.821. The molecule has 17 heavy (non-hydrogen) atoms. The average molecular weight is 258 g/mol. The van der Waals surface area contributed by atoms with Crippen molar-refractivity contribution in [3.63, 3.8) is 0 Å². The number of benzene rings is 1. The van der Waals surface area contributed by atoms with Crippen molar-refractivity contribution in [2.75, 3.05) is 12.4 Å². The zero-order chi connectivity index (χ0) is 12.9. The highest BCUT2D eigenvalue weighted by atomic mass is 32.2. The number of hydrogen-bond donors (Lipinski definition) is 1. The minimum atomic E-state index is -3.63. The maximum atomic E-state index is 11.9. The van der Waals surface area contributed by atoms with Crippen LogP contribution in [0.2, 0.25) is 0 Å². The summed E-state index contributed by atoms with van der Waals surface area (Å²) in [5.74, 6) is -1.83. The lowest BCUT2D eigenvalue weighted by molar-refractivity contribution is -0.148. The second kappa shape index (κ2) is 5.79. The lowest BCUT2D eigenvalue weighted by Gasteiger charge is -2.12. The summed E-state index contributed by atoms with van der Waals surface area (Å²) in [6.45, 7) is 1.77. The van der Waals surface area contributed by atoms with Crippen LogP contribution < -0.4 is 0 Å². The number of sulfone groups is 1. The van der Waals surface area contributed by atoms with Crippen molar-refractivity contribution >= 4 is 15.8 Å². The third-order valence-corrected chi connectivity index (χ3v) is 3.85. The van der Waals surface area contributed by atoms with Crippen LogP contribution in [0.5, 0.6) is 0 Å². The molecule has 0 fully saturated rings. The summed E-state index contributed by atoms with van der Waals surface area (Å²) in [6, 6.07) is 7.73. The van der Waals surface area contributed by atoms with Crippen molar-refractivity contribution in [3.8, 4) is 0 Å². The molecule has 0 aliphatic heterocycles. The highest BCUT2D eigenvalue weighted by Crippen LogP contribution is 2.12. The third-order valence-electron chi connectivity index (χ3n) is 2.12. The maximum Gasteiger partial charge on any atom is 0.333 e. The van der Waals surface area contributed by atoms with Gasteiger partial charge in [0.05, 0.1) is 10.6 Å². The fraction of sp³-hybridized carbons (Fsp3) is 0.364. The van der Waals surface area contributed by atoms with Gasteiger partial charge in [-0.05, 0) is 19.1 Å². The molecule has 1 aromatic rings. The predicted octanol–water partition coefficient (Wildman–Crippen LogP) is 0.950. The Morgan fingerprint density at radius 2 is 1.94 bits per heavy atom. The van der Waals surface area contributed by atoms with Crippen LogP contribution in [0.15, 0.2) is 35.2 Å². The molecule has 0 saturated carbocycles. The molecule has 0 heterocycles. The molecule has 0 spiro atoms. The first-order valence-corrected chi connectivity index (χ1v) is 6.75. The van der Waals surface area contributed by atoms with Crippen molar-refractivity contribution in [1.29, 1.82) is 0 Å². The van der Waals surface area contributed by atoms with Gasteiger partial charge in [0.15, 0.2) is 15.9 Å². The summed E-state index contributed by atoms with van der Waals surface area (Å²) in [5, 5.41) is 8.83. The maximum absolute atomic E-state index is 11.9. The topological polar surface area (TPSA) is 80.7 Å². The van der Waals surface area contributed by atoms with E-state index < -0.39 is 27.7 Å². The molecule has 0 saturated heterocycles. The predicted molar refractivity (Wildman–Crippen MR) is 61.5 cm³/mol. The summed E-state index contributed by atoms with van der Waals surface area (Å²) in [5.41, 5.74) is 0. The van der Waals surface area contributed by atoms with Crippen molar-refractivity contribution < 1.29 is 23.1 Å². The van der Waals surface area contributed by atoms with Crippen LogP contribution in [-0.2, 0) is 19.4 Å². The van der Waals surface area contributed by atoms with E-state index in [1.165, 1.54) is 12.1 Å². The summed E-state index contributed by atoms with van der Waals surface area (Å²) < 4.78 is 28.6. The minimum absolute atomic E-state index is 0.103. The molecule has 0 aliphatic rings. The fourth-order valence-electron chi connectivity index (χ4n) is 1.32. The van der Waals surface area contributed by atoms with Crippen molar-refractivity contribution in [3.05, 3.63) is 30.3 Å². The van der Waals surface area contributed by atoms with Gasteiger partial charge in [-0.25, -0.2) is 13.2 Å². The Hall–Kier alpha value is -1.40. The molecule has 6 heteroatoms. The molecule has 1 rings (SSSR count). The molecule has 5 nitrogen and oxygen atoms in total. The second-order valence-corrected chi connectivity index (χ2v) is 5.41. The Morgan fingerprint density at radius 1 is 1.35 bits per heavy atom. The van der Waals surface area contributed by atoms with Crippen LogP contribution in [0, 0.1) is 0 Å². The molecule has 0 amide bonds. The van der Waals surface area contributed by atoms with Gasteiger partial charge >= 0.3 is 5.97 Å². The lowest BCUT2D eigenvalue weighted by atomic mass is 10.4. The van der Waals surface area contributed by atoms with E-state index in [1.54, 1.807) is 25.1 Å². The van der Waals surface area contributed by atoms with Crippen LogP contribution in [0.4, 0.5) is 0 Å². The lowest BCUT2D eigenvalue weighted by Crippen LogP contribution is -2.32. The van der Waals surface area contributed by atoms with Crippen molar-refractivity contribution in [2.45, 2.75) is 17.9 Å². The summed E-state index contributed by atoms with van der Waals surface area (Å²) in [7, 11) is -3.63. The Bertz CT molecular complexity index is 466. The van der Waals surface area contributed by atoms with E-state index in [4.69, 9.17) is 9.84 Å². The molecule has 0 bridgehead atoms. The van der Waals surface area contributed by atoms with Gasteiger partial charge in [0.25, 0.3) is 0 Å². The van der Waals surface area contributed by atoms with E-state index in [9.17, 15) is 13.2 Å². The molecule has 1 unspecified atom stereocenters. The van der Waals surface area contributed by atoms with Crippen molar-refractivity contribution in [2.24, 2.45) is 0 Å². The van der Waals surface area contributed by atoms with Gasteiger partial charge in [0.1, 0.15) is 0 Å². The third kappa shape index (κ3) is 3.83. The van der Waals surface area contributed by atoms with Crippen LogP contribution in [0.3, 0.4) is 0 Å². The van der Waals surface area contributed by atoms with Gasteiger partial charge in [-0.2, -0.15) is 0 Å². The second-order valence-electron chi connectivity index (χ2n) is 3.38. The highest BCUT2D eigenvalue weighted by molar-refractivity contribution is 7.91. The van der Waals surface area contributed by atoms with Gasteiger partial charge in [-0.3, -0.25) is 0 Å². The van der Waals surface area contributed by atoms with E-state index in [-0.39, 0.29) is 11.5 Å².